The van der Waals surface area contributed by atoms with Gasteiger partial charge in [0.1, 0.15) is 6.61 Å². The molecule has 4 heteroatoms. The van der Waals surface area contributed by atoms with Crippen molar-refractivity contribution in [3.63, 3.8) is 0 Å². The zero-order valence-electron chi connectivity index (χ0n) is 9.25. The molecule has 15 heavy (non-hydrogen) atoms. The molecular formula is C11H16N2O2. The van der Waals surface area contributed by atoms with Crippen LogP contribution in [0.3, 0.4) is 0 Å². The summed E-state index contributed by atoms with van der Waals surface area (Å²) in [4.78, 5) is 10.8. The third kappa shape index (κ3) is 2.03. The molecule has 0 saturated carbocycles. The zero-order valence-corrected chi connectivity index (χ0v) is 9.25. The Morgan fingerprint density at radius 1 is 1.47 bits per heavy atom. The predicted octanol–water partition coefficient (Wildman–Crippen LogP) is 1.36. The molecule has 1 heterocycles. The first-order chi connectivity index (χ1) is 7.18. The number of rotatable bonds is 2. The molecule has 0 fully saturated rings. The van der Waals surface area contributed by atoms with Crippen molar-refractivity contribution in [2.45, 2.75) is 39.2 Å². The largest absolute Gasteiger partial charge is 0.459 e. The molecule has 0 unspecified atom stereocenters. The third-order valence-corrected chi connectivity index (χ3v) is 2.86. The van der Waals surface area contributed by atoms with Gasteiger partial charge in [0, 0.05) is 19.5 Å². The number of aryl methyl sites for hydroxylation is 2. The summed E-state index contributed by atoms with van der Waals surface area (Å²) in [6, 6.07) is 0. The SMILES string of the molecule is CC(=O)OCc1c2c(nn1C)CCCC2. The van der Waals surface area contributed by atoms with Crippen LogP contribution < -0.4 is 0 Å². The van der Waals surface area contributed by atoms with Crippen LogP contribution in [0.15, 0.2) is 0 Å². The van der Waals surface area contributed by atoms with Crippen LogP contribution in [0.1, 0.15) is 36.7 Å². The second-order valence-corrected chi connectivity index (χ2v) is 3.98. The summed E-state index contributed by atoms with van der Waals surface area (Å²) in [7, 11) is 1.91. The summed E-state index contributed by atoms with van der Waals surface area (Å²) in [6.45, 7) is 1.79. The molecule has 1 aromatic rings. The van der Waals surface area contributed by atoms with Gasteiger partial charge in [-0.1, -0.05) is 0 Å². The average molecular weight is 208 g/mol. The van der Waals surface area contributed by atoms with Crippen molar-refractivity contribution in [3.05, 3.63) is 17.0 Å². The summed E-state index contributed by atoms with van der Waals surface area (Å²) < 4.78 is 6.88. The summed E-state index contributed by atoms with van der Waals surface area (Å²) in [5, 5.41) is 4.45. The van der Waals surface area contributed by atoms with Gasteiger partial charge >= 0.3 is 5.97 Å². The van der Waals surface area contributed by atoms with Gasteiger partial charge < -0.3 is 4.74 Å². The Bertz CT molecular complexity index is 382. The van der Waals surface area contributed by atoms with Crippen molar-refractivity contribution < 1.29 is 9.53 Å². The lowest BCUT2D eigenvalue weighted by atomic mass is 9.96. The average Bonchev–Trinajstić information content (AvgIpc) is 2.50. The van der Waals surface area contributed by atoms with Crippen LogP contribution in [-0.2, 0) is 36.0 Å². The first kappa shape index (κ1) is 10.2. The fourth-order valence-corrected chi connectivity index (χ4v) is 2.10. The molecule has 1 aliphatic carbocycles. The Morgan fingerprint density at radius 3 is 2.93 bits per heavy atom. The number of nitrogens with zero attached hydrogens (tertiary/aromatic N) is 2. The first-order valence-corrected chi connectivity index (χ1v) is 5.35. The number of carbonyl (C=O) groups is 1. The highest BCUT2D eigenvalue weighted by atomic mass is 16.5. The molecule has 0 bridgehead atoms. The summed E-state index contributed by atoms with van der Waals surface area (Å²) in [5.74, 6) is -0.235. The predicted molar refractivity (Wildman–Crippen MR) is 55.3 cm³/mol. The van der Waals surface area contributed by atoms with E-state index in [4.69, 9.17) is 4.74 Å². The van der Waals surface area contributed by atoms with E-state index >= 15 is 0 Å². The maximum atomic E-state index is 10.8. The van der Waals surface area contributed by atoms with Crippen molar-refractivity contribution in [1.82, 2.24) is 9.78 Å². The van der Waals surface area contributed by atoms with Crippen molar-refractivity contribution in [1.29, 1.82) is 0 Å². The van der Waals surface area contributed by atoms with E-state index in [-0.39, 0.29) is 5.97 Å². The lowest BCUT2D eigenvalue weighted by molar-refractivity contribution is -0.142. The minimum absolute atomic E-state index is 0.235. The summed E-state index contributed by atoms with van der Waals surface area (Å²) in [5.41, 5.74) is 3.54. The van der Waals surface area contributed by atoms with E-state index in [0.29, 0.717) is 6.61 Å². The second kappa shape index (κ2) is 4.04. The second-order valence-electron chi connectivity index (χ2n) is 3.98. The van der Waals surface area contributed by atoms with Gasteiger partial charge in [-0.3, -0.25) is 9.48 Å². The molecule has 1 aromatic heterocycles. The number of aromatic nitrogens is 2. The van der Waals surface area contributed by atoms with Gasteiger partial charge in [0.15, 0.2) is 0 Å². The van der Waals surface area contributed by atoms with Crippen LogP contribution in [0.4, 0.5) is 0 Å². The number of ether oxygens (including phenoxy) is 1. The van der Waals surface area contributed by atoms with Gasteiger partial charge in [0.2, 0.25) is 0 Å². The first-order valence-electron chi connectivity index (χ1n) is 5.35. The fourth-order valence-electron chi connectivity index (χ4n) is 2.10. The quantitative estimate of drug-likeness (QED) is 0.689. The van der Waals surface area contributed by atoms with E-state index in [1.165, 1.54) is 31.0 Å². The highest BCUT2D eigenvalue weighted by molar-refractivity contribution is 5.65. The normalized spacial score (nSPS) is 14.8. The monoisotopic (exact) mass is 208 g/mol. The van der Waals surface area contributed by atoms with Crippen LogP contribution in [-0.4, -0.2) is 15.7 Å². The molecule has 4 nitrogen and oxygen atoms in total. The Balaban J connectivity index is 2.21. The smallest absolute Gasteiger partial charge is 0.303 e. The summed E-state index contributed by atoms with van der Waals surface area (Å²) in [6.07, 6.45) is 4.56. The van der Waals surface area contributed by atoms with Crippen molar-refractivity contribution in [2.24, 2.45) is 7.05 Å². The number of esters is 1. The van der Waals surface area contributed by atoms with E-state index in [0.717, 1.165) is 18.5 Å². The van der Waals surface area contributed by atoms with Gasteiger partial charge in [-0.15, -0.1) is 0 Å². The molecule has 0 N–H and O–H groups in total. The van der Waals surface area contributed by atoms with Crippen molar-refractivity contribution >= 4 is 5.97 Å². The maximum Gasteiger partial charge on any atom is 0.303 e. The highest BCUT2D eigenvalue weighted by Crippen LogP contribution is 2.23. The van der Waals surface area contributed by atoms with Crippen LogP contribution >= 0.6 is 0 Å². The Hall–Kier alpha value is -1.32. The molecule has 82 valence electrons. The lowest BCUT2D eigenvalue weighted by Crippen LogP contribution is -2.07. The van der Waals surface area contributed by atoms with E-state index < -0.39 is 0 Å². The topological polar surface area (TPSA) is 44.1 Å². The third-order valence-electron chi connectivity index (χ3n) is 2.86. The number of hydrogen-bond acceptors (Lipinski definition) is 3. The van der Waals surface area contributed by atoms with Gasteiger partial charge in [-0.2, -0.15) is 5.10 Å². The highest BCUT2D eigenvalue weighted by Gasteiger charge is 2.19. The van der Waals surface area contributed by atoms with Crippen LogP contribution in [0, 0.1) is 0 Å². The van der Waals surface area contributed by atoms with E-state index in [9.17, 15) is 4.79 Å². The molecular weight excluding hydrogens is 192 g/mol. The molecule has 0 aliphatic heterocycles. The van der Waals surface area contributed by atoms with Crippen molar-refractivity contribution in [2.75, 3.05) is 0 Å². The Kier molecular flexibility index (Phi) is 2.75. The zero-order chi connectivity index (χ0) is 10.8. The summed E-state index contributed by atoms with van der Waals surface area (Å²) >= 11 is 0. The van der Waals surface area contributed by atoms with E-state index in [2.05, 4.69) is 5.10 Å². The lowest BCUT2D eigenvalue weighted by Gasteiger charge is -2.11. The number of carbonyl (C=O) groups excluding carboxylic acids is 1. The van der Waals surface area contributed by atoms with E-state index in [1.54, 1.807) is 0 Å². The van der Waals surface area contributed by atoms with Gasteiger partial charge in [0.05, 0.1) is 11.4 Å². The van der Waals surface area contributed by atoms with E-state index in [1.807, 2.05) is 11.7 Å². The fraction of sp³-hybridized carbons (Fsp3) is 0.636. The van der Waals surface area contributed by atoms with Gasteiger partial charge in [0.25, 0.3) is 0 Å². The standard InChI is InChI=1S/C11H16N2O2/c1-8(14)15-7-11-9-5-3-4-6-10(9)12-13(11)2/h3-7H2,1-2H3. The van der Waals surface area contributed by atoms with Crippen LogP contribution in [0.25, 0.3) is 0 Å². The Morgan fingerprint density at radius 2 is 2.20 bits per heavy atom. The molecule has 0 spiro atoms. The van der Waals surface area contributed by atoms with Gasteiger partial charge in [-0.25, -0.2) is 0 Å². The molecule has 0 radical (unpaired) electrons. The van der Waals surface area contributed by atoms with Gasteiger partial charge in [-0.05, 0) is 25.7 Å². The molecule has 0 amide bonds. The number of fused-ring (bicyclic) bond motifs is 1. The molecule has 0 saturated heterocycles. The molecule has 0 aromatic carbocycles. The minimum Gasteiger partial charge on any atom is -0.459 e. The Labute approximate surface area is 89.2 Å². The number of hydrogen-bond donors (Lipinski definition) is 0. The molecule has 0 atom stereocenters. The molecule has 1 aliphatic rings. The molecule has 2 rings (SSSR count). The van der Waals surface area contributed by atoms with Crippen LogP contribution in [0.5, 0.6) is 0 Å². The maximum absolute atomic E-state index is 10.8. The minimum atomic E-state index is -0.235. The van der Waals surface area contributed by atoms with Crippen molar-refractivity contribution in [3.8, 4) is 0 Å². The van der Waals surface area contributed by atoms with Crippen LogP contribution in [0.2, 0.25) is 0 Å².